The highest BCUT2D eigenvalue weighted by atomic mass is 16.4. The van der Waals surface area contributed by atoms with E-state index in [-0.39, 0.29) is 0 Å². The van der Waals surface area contributed by atoms with Crippen LogP contribution in [0.25, 0.3) is 0 Å². The zero-order valence-corrected chi connectivity index (χ0v) is 8.40. The van der Waals surface area contributed by atoms with Crippen LogP contribution in [-0.2, 0) is 11.3 Å². The molecule has 0 spiro atoms. The van der Waals surface area contributed by atoms with Crippen molar-refractivity contribution in [2.24, 2.45) is 0 Å². The van der Waals surface area contributed by atoms with Crippen molar-refractivity contribution in [3.63, 3.8) is 0 Å². The summed E-state index contributed by atoms with van der Waals surface area (Å²) in [6.07, 6.45) is 0. The van der Waals surface area contributed by atoms with Gasteiger partial charge in [0.2, 0.25) is 0 Å². The molecule has 0 saturated heterocycles. The lowest BCUT2D eigenvalue weighted by Crippen LogP contribution is -2.33. The Balaban J connectivity index is 2.58. The third-order valence-electron chi connectivity index (χ3n) is 2.04. The Morgan fingerprint density at radius 3 is 3.00 bits per heavy atom. The quantitative estimate of drug-likeness (QED) is 0.770. The van der Waals surface area contributed by atoms with E-state index in [1.165, 1.54) is 0 Å². The summed E-state index contributed by atoms with van der Waals surface area (Å²) >= 11 is 0. The predicted molar refractivity (Wildman–Crippen MR) is 55.1 cm³/mol. The third-order valence-corrected chi connectivity index (χ3v) is 2.04. The Hall–Kier alpha value is -1.86. The van der Waals surface area contributed by atoms with Crippen LogP contribution in [0, 0.1) is 11.3 Å². The predicted octanol–water partition coefficient (Wildman–Crippen LogP) is 1.12. The number of nitrogens with zero attached hydrogens (tertiary/aromatic N) is 1. The van der Waals surface area contributed by atoms with Crippen LogP contribution >= 0.6 is 0 Å². The van der Waals surface area contributed by atoms with Gasteiger partial charge in [-0.1, -0.05) is 12.1 Å². The molecule has 0 aromatic heterocycles. The van der Waals surface area contributed by atoms with Gasteiger partial charge in [0.05, 0.1) is 11.6 Å². The first-order valence-corrected chi connectivity index (χ1v) is 4.58. The molecule has 1 aromatic rings. The molecule has 1 aromatic carbocycles. The number of hydrogen-bond acceptors (Lipinski definition) is 3. The van der Waals surface area contributed by atoms with E-state index in [9.17, 15) is 4.79 Å². The number of carbonyl (C=O) groups is 1. The van der Waals surface area contributed by atoms with E-state index in [2.05, 4.69) is 5.32 Å². The lowest BCUT2D eigenvalue weighted by atomic mass is 10.1. The summed E-state index contributed by atoms with van der Waals surface area (Å²) in [4.78, 5) is 10.5. The van der Waals surface area contributed by atoms with E-state index in [1.54, 1.807) is 25.1 Å². The van der Waals surface area contributed by atoms with E-state index >= 15 is 0 Å². The zero-order valence-electron chi connectivity index (χ0n) is 8.40. The molecule has 78 valence electrons. The average molecular weight is 204 g/mol. The van der Waals surface area contributed by atoms with Crippen LogP contribution in [0.1, 0.15) is 18.1 Å². The summed E-state index contributed by atoms with van der Waals surface area (Å²) in [6.45, 7) is 2.03. The SMILES string of the molecule is CC(NCc1cccc(C#N)c1)C(=O)O. The molecule has 1 unspecified atom stereocenters. The molecule has 0 heterocycles. The fourth-order valence-electron chi connectivity index (χ4n) is 1.11. The van der Waals surface area contributed by atoms with Gasteiger partial charge in [-0.2, -0.15) is 5.26 Å². The fourth-order valence-corrected chi connectivity index (χ4v) is 1.11. The summed E-state index contributed by atoms with van der Waals surface area (Å²) < 4.78 is 0. The number of nitriles is 1. The monoisotopic (exact) mass is 204 g/mol. The standard InChI is InChI=1S/C11H12N2O2/c1-8(11(14)15)13-7-10-4-2-3-9(5-10)6-12/h2-5,8,13H,7H2,1H3,(H,14,15). The maximum atomic E-state index is 10.5. The molecule has 0 fully saturated rings. The topological polar surface area (TPSA) is 73.1 Å². The molecular formula is C11H12N2O2. The van der Waals surface area contributed by atoms with E-state index in [0.717, 1.165) is 5.56 Å². The summed E-state index contributed by atoms with van der Waals surface area (Å²) in [5, 5.41) is 20.1. The molecule has 1 rings (SSSR count). The van der Waals surface area contributed by atoms with Gasteiger partial charge in [-0.25, -0.2) is 0 Å². The molecule has 0 saturated carbocycles. The molecule has 0 bridgehead atoms. The highest BCUT2D eigenvalue weighted by molar-refractivity contribution is 5.72. The van der Waals surface area contributed by atoms with Gasteiger partial charge in [-0.15, -0.1) is 0 Å². The lowest BCUT2D eigenvalue weighted by molar-refractivity contribution is -0.139. The number of aliphatic carboxylic acids is 1. The van der Waals surface area contributed by atoms with Gasteiger partial charge >= 0.3 is 5.97 Å². The maximum Gasteiger partial charge on any atom is 0.320 e. The molecule has 4 heteroatoms. The van der Waals surface area contributed by atoms with Crippen molar-refractivity contribution in [2.45, 2.75) is 19.5 Å². The highest BCUT2D eigenvalue weighted by Gasteiger charge is 2.08. The van der Waals surface area contributed by atoms with Gasteiger partial charge in [-0.05, 0) is 24.6 Å². The van der Waals surface area contributed by atoms with Crippen molar-refractivity contribution in [1.29, 1.82) is 5.26 Å². The maximum absolute atomic E-state index is 10.5. The molecule has 0 aliphatic rings. The Labute approximate surface area is 88.2 Å². The molecule has 4 nitrogen and oxygen atoms in total. The molecule has 0 aliphatic carbocycles. The van der Waals surface area contributed by atoms with E-state index in [0.29, 0.717) is 12.1 Å². The second-order valence-electron chi connectivity index (χ2n) is 3.25. The first-order valence-electron chi connectivity index (χ1n) is 4.58. The number of benzene rings is 1. The van der Waals surface area contributed by atoms with E-state index in [1.807, 2.05) is 12.1 Å². The number of nitrogens with one attached hydrogen (secondary N) is 1. The van der Waals surface area contributed by atoms with Crippen LogP contribution in [0.5, 0.6) is 0 Å². The van der Waals surface area contributed by atoms with Crippen molar-refractivity contribution in [2.75, 3.05) is 0 Å². The van der Waals surface area contributed by atoms with Gasteiger partial charge in [0.25, 0.3) is 0 Å². The normalized spacial score (nSPS) is 11.7. The van der Waals surface area contributed by atoms with Crippen LogP contribution in [0.3, 0.4) is 0 Å². The molecular weight excluding hydrogens is 192 g/mol. The zero-order chi connectivity index (χ0) is 11.3. The molecule has 15 heavy (non-hydrogen) atoms. The van der Waals surface area contributed by atoms with Crippen LogP contribution in [0.4, 0.5) is 0 Å². The van der Waals surface area contributed by atoms with Gasteiger partial charge in [0.1, 0.15) is 6.04 Å². The Bertz CT molecular complexity index is 396. The molecule has 0 aliphatic heterocycles. The Kier molecular flexibility index (Phi) is 3.83. The molecule has 0 radical (unpaired) electrons. The van der Waals surface area contributed by atoms with Gasteiger partial charge in [0, 0.05) is 6.54 Å². The third kappa shape index (κ3) is 3.41. The highest BCUT2D eigenvalue weighted by Crippen LogP contribution is 2.03. The lowest BCUT2D eigenvalue weighted by Gasteiger charge is -2.08. The first-order chi connectivity index (χ1) is 7.13. The van der Waals surface area contributed by atoms with E-state index in [4.69, 9.17) is 10.4 Å². The van der Waals surface area contributed by atoms with Crippen molar-refractivity contribution in [3.05, 3.63) is 35.4 Å². The smallest absolute Gasteiger partial charge is 0.320 e. The Morgan fingerprint density at radius 2 is 2.40 bits per heavy atom. The van der Waals surface area contributed by atoms with Crippen molar-refractivity contribution in [1.82, 2.24) is 5.32 Å². The van der Waals surface area contributed by atoms with Gasteiger partial charge in [0.15, 0.2) is 0 Å². The van der Waals surface area contributed by atoms with Crippen molar-refractivity contribution >= 4 is 5.97 Å². The number of carboxylic acids is 1. The summed E-state index contributed by atoms with van der Waals surface area (Å²) in [5.74, 6) is -0.883. The minimum atomic E-state index is -0.883. The molecule has 2 N–H and O–H groups in total. The number of carboxylic acid groups (broad SMARTS) is 1. The van der Waals surface area contributed by atoms with Crippen LogP contribution in [0.2, 0.25) is 0 Å². The van der Waals surface area contributed by atoms with Crippen molar-refractivity contribution < 1.29 is 9.90 Å². The Morgan fingerprint density at radius 1 is 1.67 bits per heavy atom. The van der Waals surface area contributed by atoms with Crippen LogP contribution in [-0.4, -0.2) is 17.1 Å². The minimum Gasteiger partial charge on any atom is -0.480 e. The summed E-state index contributed by atoms with van der Waals surface area (Å²) in [7, 11) is 0. The largest absolute Gasteiger partial charge is 0.480 e. The second kappa shape index (κ2) is 5.13. The number of hydrogen-bond donors (Lipinski definition) is 2. The second-order valence-corrected chi connectivity index (χ2v) is 3.25. The first kappa shape index (κ1) is 11.2. The van der Waals surface area contributed by atoms with Crippen LogP contribution in [0.15, 0.2) is 24.3 Å². The van der Waals surface area contributed by atoms with Crippen LogP contribution < -0.4 is 5.32 Å². The summed E-state index contributed by atoms with van der Waals surface area (Å²) in [5.41, 5.74) is 1.49. The molecule has 1 atom stereocenters. The van der Waals surface area contributed by atoms with E-state index < -0.39 is 12.0 Å². The average Bonchev–Trinajstić information content (AvgIpc) is 2.26. The number of rotatable bonds is 4. The summed E-state index contributed by atoms with van der Waals surface area (Å²) in [6, 6.07) is 8.52. The van der Waals surface area contributed by atoms with Gasteiger partial charge < -0.3 is 10.4 Å². The van der Waals surface area contributed by atoms with Gasteiger partial charge in [-0.3, -0.25) is 4.79 Å². The van der Waals surface area contributed by atoms with Crippen molar-refractivity contribution in [3.8, 4) is 6.07 Å². The fraction of sp³-hybridized carbons (Fsp3) is 0.273. The molecule has 0 amide bonds. The minimum absolute atomic E-state index is 0.447.